The fraction of sp³-hybridized carbons (Fsp3) is 0.909. The molecule has 0 saturated carbocycles. The van der Waals surface area contributed by atoms with Gasteiger partial charge in [-0.1, -0.05) is 6.92 Å². The van der Waals surface area contributed by atoms with Crippen molar-refractivity contribution in [1.29, 1.82) is 0 Å². The van der Waals surface area contributed by atoms with Gasteiger partial charge >= 0.3 is 5.97 Å². The molecule has 0 radical (unpaired) electrons. The Balaban J connectivity index is 1.83. The molecule has 14 heavy (non-hydrogen) atoms. The molecule has 0 unspecified atom stereocenters. The third-order valence-electron chi connectivity index (χ3n) is 3.33. The van der Waals surface area contributed by atoms with Crippen molar-refractivity contribution in [3.63, 3.8) is 0 Å². The molecule has 3 rings (SSSR count). The molecule has 3 fully saturated rings. The van der Waals surface area contributed by atoms with Crippen LogP contribution in [-0.4, -0.2) is 36.6 Å². The summed E-state index contributed by atoms with van der Waals surface area (Å²) in [7, 11) is 0. The molecule has 3 heterocycles. The summed E-state index contributed by atoms with van der Waals surface area (Å²) in [6.45, 7) is 5.39. The molecule has 80 valence electrons. The second kappa shape index (κ2) is 4.30. The van der Waals surface area contributed by atoms with E-state index in [0.29, 0.717) is 12.3 Å². The topological polar surface area (TPSA) is 29.5 Å². The van der Waals surface area contributed by atoms with Crippen molar-refractivity contribution in [3.8, 4) is 0 Å². The quantitative estimate of drug-likeness (QED) is 0.641. The monoisotopic (exact) mass is 197 g/mol. The number of hydrogen-bond acceptors (Lipinski definition) is 3. The summed E-state index contributed by atoms with van der Waals surface area (Å²) in [6.07, 6.45) is 4.08. The summed E-state index contributed by atoms with van der Waals surface area (Å²) in [5.41, 5.74) is 0. The van der Waals surface area contributed by atoms with Gasteiger partial charge in [0, 0.05) is 13.0 Å². The fourth-order valence-corrected chi connectivity index (χ4v) is 2.48. The number of fused-ring (bicyclic) bond motifs is 3. The number of nitrogens with zero attached hydrogens (tertiary/aromatic N) is 1. The van der Waals surface area contributed by atoms with E-state index in [1.807, 2.05) is 6.92 Å². The van der Waals surface area contributed by atoms with Gasteiger partial charge in [0.15, 0.2) is 0 Å². The van der Waals surface area contributed by atoms with Gasteiger partial charge in [0.25, 0.3) is 0 Å². The highest BCUT2D eigenvalue weighted by atomic mass is 16.5. The van der Waals surface area contributed by atoms with Gasteiger partial charge in [-0.2, -0.15) is 0 Å². The molecule has 0 spiro atoms. The van der Waals surface area contributed by atoms with Crippen molar-refractivity contribution in [2.75, 3.05) is 19.6 Å². The van der Waals surface area contributed by atoms with Crippen LogP contribution in [0.1, 0.15) is 32.6 Å². The Morgan fingerprint density at radius 1 is 1.43 bits per heavy atom. The van der Waals surface area contributed by atoms with Gasteiger partial charge < -0.3 is 4.74 Å². The van der Waals surface area contributed by atoms with E-state index in [-0.39, 0.29) is 12.1 Å². The van der Waals surface area contributed by atoms with E-state index in [0.717, 1.165) is 13.0 Å². The first-order valence-electron chi connectivity index (χ1n) is 5.71. The maximum Gasteiger partial charge on any atom is 0.306 e. The predicted octanol–water partition coefficient (Wildman–Crippen LogP) is 1.42. The third kappa shape index (κ3) is 2.08. The van der Waals surface area contributed by atoms with Crippen molar-refractivity contribution < 1.29 is 9.53 Å². The van der Waals surface area contributed by atoms with Crippen LogP contribution >= 0.6 is 0 Å². The Morgan fingerprint density at radius 2 is 2.14 bits per heavy atom. The van der Waals surface area contributed by atoms with Crippen LogP contribution in [0.25, 0.3) is 0 Å². The fourth-order valence-electron chi connectivity index (χ4n) is 2.48. The maximum absolute atomic E-state index is 11.3. The number of carbonyl (C=O) groups is 1. The molecule has 0 amide bonds. The van der Waals surface area contributed by atoms with Gasteiger partial charge in [0.1, 0.15) is 6.10 Å². The van der Waals surface area contributed by atoms with Crippen molar-refractivity contribution >= 4 is 5.97 Å². The van der Waals surface area contributed by atoms with Crippen LogP contribution < -0.4 is 0 Å². The van der Waals surface area contributed by atoms with E-state index < -0.39 is 0 Å². The molecule has 0 aromatic heterocycles. The molecular formula is C11H19NO2. The average Bonchev–Trinajstić information content (AvgIpc) is 2.19. The minimum atomic E-state index is -0.00810. The summed E-state index contributed by atoms with van der Waals surface area (Å²) < 4.78 is 5.49. The number of carbonyl (C=O) groups excluding carboxylic acids is 1. The zero-order valence-electron chi connectivity index (χ0n) is 8.87. The van der Waals surface area contributed by atoms with Gasteiger partial charge in [-0.3, -0.25) is 9.69 Å². The first-order valence-corrected chi connectivity index (χ1v) is 5.71. The highest BCUT2D eigenvalue weighted by Crippen LogP contribution is 2.29. The molecule has 0 aromatic carbocycles. The zero-order chi connectivity index (χ0) is 9.97. The predicted molar refractivity (Wildman–Crippen MR) is 54.0 cm³/mol. The number of ether oxygens (including phenoxy) is 1. The molecule has 3 heteroatoms. The van der Waals surface area contributed by atoms with Crippen molar-refractivity contribution in [2.24, 2.45) is 5.92 Å². The second-order valence-corrected chi connectivity index (χ2v) is 4.42. The molecular weight excluding hydrogens is 178 g/mol. The zero-order valence-corrected chi connectivity index (χ0v) is 8.87. The van der Waals surface area contributed by atoms with Gasteiger partial charge in [0.05, 0.1) is 0 Å². The van der Waals surface area contributed by atoms with E-state index in [4.69, 9.17) is 4.74 Å². The summed E-state index contributed by atoms with van der Waals surface area (Å²) in [5, 5.41) is 0. The molecule has 3 nitrogen and oxygen atoms in total. The normalized spacial score (nSPS) is 35.6. The van der Waals surface area contributed by atoms with Gasteiger partial charge in [0.2, 0.25) is 0 Å². The lowest BCUT2D eigenvalue weighted by Gasteiger charge is -2.43. The maximum atomic E-state index is 11.3. The van der Waals surface area contributed by atoms with Gasteiger partial charge in [-0.25, -0.2) is 0 Å². The first-order chi connectivity index (χ1) is 6.79. The molecule has 0 aliphatic carbocycles. The largest absolute Gasteiger partial charge is 0.461 e. The molecule has 2 bridgehead atoms. The molecule has 3 aliphatic heterocycles. The smallest absolute Gasteiger partial charge is 0.306 e. The number of piperidine rings is 3. The lowest BCUT2D eigenvalue weighted by atomic mass is 9.86. The average molecular weight is 197 g/mol. The van der Waals surface area contributed by atoms with Crippen molar-refractivity contribution in [3.05, 3.63) is 0 Å². The lowest BCUT2D eigenvalue weighted by Crippen LogP contribution is -2.51. The Morgan fingerprint density at radius 3 is 2.64 bits per heavy atom. The number of esters is 1. The Bertz CT molecular complexity index is 209. The highest BCUT2D eigenvalue weighted by molar-refractivity contribution is 5.69. The van der Waals surface area contributed by atoms with E-state index in [9.17, 15) is 4.79 Å². The van der Waals surface area contributed by atoms with Crippen LogP contribution in [0.4, 0.5) is 0 Å². The number of rotatable bonds is 3. The Labute approximate surface area is 85.4 Å². The molecule has 3 saturated heterocycles. The van der Waals surface area contributed by atoms with Crippen LogP contribution in [0.3, 0.4) is 0 Å². The van der Waals surface area contributed by atoms with Gasteiger partial charge in [-0.15, -0.1) is 0 Å². The molecule has 1 atom stereocenters. The third-order valence-corrected chi connectivity index (χ3v) is 3.33. The van der Waals surface area contributed by atoms with Crippen molar-refractivity contribution in [2.45, 2.75) is 38.7 Å². The minimum Gasteiger partial charge on any atom is -0.461 e. The second-order valence-electron chi connectivity index (χ2n) is 4.42. The van der Waals surface area contributed by atoms with Crippen LogP contribution in [0.2, 0.25) is 0 Å². The van der Waals surface area contributed by atoms with Crippen LogP contribution in [0.5, 0.6) is 0 Å². The minimum absolute atomic E-state index is 0.00810. The highest BCUT2D eigenvalue weighted by Gasteiger charge is 2.36. The van der Waals surface area contributed by atoms with E-state index in [1.54, 1.807) is 0 Å². The summed E-state index contributed by atoms with van der Waals surface area (Å²) in [6, 6.07) is 0. The lowest BCUT2D eigenvalue weighted by molar-refractivity contribution is -0.158. The SMILES string of the molecule is CCCC(=O)O[C@H]1CN2CCC1CC2. The van der Waals surface area contributed by atoms with Crippen LogP contribution in [-0.2, 0) is 9.53 Å². The first kappa shape index (κ1) is 9.97. The molecule has 0 N–H and O–H groups in total. The Kier molecular flexibility index (Phi) is 3.06. The molecule has 3 aliphatic rings. The standard InChI is InChI=1S/C11H19NO2/c1-2-3-11(13)14-10-8-12-6-4-9(10)5-7-12/h9-10H,2-8H2,1H3/t10-/m0/s1. The number of hydrogen-bond donors (Lipinski definition) is 0. The van der Waals surface area contributed by atoms with Crippen molar-refractivity contribution in [1.82, 2.24) is 4.90 Å². The van der Waals surface area contributed by atoms with Crippen LogP contribution in [0.15, 0.2) is 0 Å². The van der Waals surface area contributed by atoms with Crippen LogP contribution in [0, 0.1) is 5.92 Å². The summed E-state index contributed by atoms with van der Waals surface area (Å²) in [5.74, 6) is 0.632. The molecule has 0 aromatic rings. The van der Waals surface area contributed by atoms with Gasteiger partial charge in [-0.05, 0) is 38.3 Å². The summed E-state index contributed by atoms with van der Waals surface area (Å²) >= 11 is 0. The van der Waals surface area contributed by atoms with E-state index >= 15 is 0 Å². The Hall–Kier alpha value is -0.570. The van der Waals surface area contributed by atoms with E-state index in [1.165, 1.54) is 25.9 Å². The van der Waals surface area contributed by atoms with E-state index in [2.05, 4.69) is 4.90 Å². The summed E-state index contributed by atoms with van der Waals surface area (Å²) in [4.78, 5) is 13.8.